The summed E-state index contributed by atoms with van der Waals surface area (Å²) in [6.45, 7) is 3.78. The van der Waals surface area contributed by atoms with E-state index < -0.39 is 34.1 Å². The normalized spacial score (nSPS) is 16.6. The second kappa shape index (κ2) is 10.7. The van der Waals surface area contributed by atoms with Crippen LogP contribution in [0.2, 0.25) is 5.02 Å². The standard InChI is InChI=1S/C26H24ClF4N5O2/c27-20-6-5-19(26(29,30)31)22(23(20)28)24(37)35-9-11-36(12-10-35)25-32-8-7-21(33-25)17-1-3-18(4-2-17)34-13-15-38-16-14-34/h1-8H,9-16H2. The molecule has 12 heteroatoms. The molecule has 2 saturated heterocycles. The van der Waals surface area contributed by atoms with Crippen LogP contribution in [0.1, 0.15) is 15.9 Å². The molecule has 2 aliphatic heterocycles. The Hall–Kier alpha value is -3.44. The topological polar surface area (TPSA) is 61.8 Å². The number of benzene rings is 2. The molecule has 0 N–H and O–H groups in total. The van der Waals surface area contributed by atoms with E-state index in [4.69, 9.17) is 16.3 Å². The average Bonchev–Trinajstić information content (AvgIpc) is 2.94. The average molecular weight is 550 g/mol. The van der Waals surface area contributed by atoms with Gasteiger partial charge in [0.15, 0.2) is 5.82 Å². The molecule has 1 aromatic heterocycles. The van der Waals surface area contributed by atoms with Crippen LogP contribution in [-0.2, 0) is 10.9 Å². The van der Waals surface area contributed by atoms with Gasteiger partial charge in [0.25, 0.3) is 5.91 Å². The van der Waals surface area contributed by atoms with Gasteiger partial charge in [0.05, 0.1) is 35.1 Å². The van der Waals surface area contributed by atoms with E-state index in [-0.39, 0.29) is 26.2 Å². The van der Waals surface area contributed by atoms with Gasteiger partial charge in [0.2, 0.25) is 5.95 Å². The van der Waals surface area contributed by atoms with Crippen molar-refractivity contribution in [2.45, 2.75) is 6.18 Å². The Kier molecular flexibility index (Phi) is 7.40. The summed E-state index contributed by atoms with van der Waals surface area (Å²) in [5.74, 6) is -1.98. The van der Waals surface area contributed by atoms with Gasteiger partial charge < -0.3 is 19.4 Å². The van der Waals surface area contributed by atoms with Gasteiger partial charge in [0, 0.05) is 56.7 Å². The van der Waals surface area contributed by atoms with Gasteiger partial charge in [-0.1, -0.05) is 23.7 Å². The van der Waals surface area contributed by atoms with Crippen LogP contribution in [0.4, 0.5) is 29.2 Å². The maximum atomic E-state index is 14.6. The number of amides is 1. The number of carbonyl (C=O) groups is 1. The second-order valence-corrected chi connectivity index (χ2v) is 9.36. The fraction of sp³-hybridized carbons (Fsp3) is 0.346. The first-order valence-electron chi connectivity index (χ1n) is 12.1. The van der Waals surface area contributed by atoms with Gasteiger partial charge in [0.1, 0.15) is 0 Å². The highest BCUT2D eigenvalue weighted by atomic mass is 35.5. The lowest BCUT2D eigenvalue weighted by molar-refractivity contribution is -0.138. The van der Waals surface area contributed by atoms with E-state index in [0.717, 1.165) is 36.1 Å². The molecular weight excluding hydrogens is 526 g/mol. The Morgan fingerprint density at radius 2 is 1.58 bits per heavy atom. The summed E-state index contributed by atoms with van der Waals surface area (Å²) < 4.78 is 60.3. The molecule has 2 aromatic carbocycles. The summed E-state index contributed by atoms with van der Waals surface area (Å²) in [7, 11) is 0. The summed E-state index contributed by atoms with van der Waals surface area (Å²) >= 11 is 5.69. The largest absolute Gasteiger partial charge is 0.417 e. The zero-order valence-corrected chi connectivity index (χ0v) is 21.0. The van der Waals surface area contributed by atoms with Crippen LogP contribution >= 0.6 is 11.6 Å². The smallest absolute Gasteiger partial charge is 0.378 e. The fourth-order valence-electron chi connectivity index (χ4n) is 4.59. The first-order chi connectivity index (χ1) is 18.2. The van der Waals surface area contributed by atoms with Crippen molar-refractivity contribution in [3.63, 3.8) is 0 Å². The third kappa shape index (κ3) is 5.39. The van der Waals surface area contributed by atoms with Crippen molar-refractivity contribution >= 4 is 29.1 Å². The van der Waals surface area contributed by atoms with Gasteiger partial charge >= 0.3 is 6.18 Å². The molecular formula is C26H24ClF4N5O2. The van der Waals surface area contributed by atoms with E-state index in [2.05, 4.69) is 14.9 Å². The lowest BCUT2D eigenvalue weighted by atomic mass is 10.0. The van der Waals surface area contributed by atoms with E-state index in [0.29, 0.717) is 25.2 Å². The van der Waals surface area contributed by atoms with Gasteiger partial charge in [-0.2, -0.15) is 13.2 Å². The van der Waals surface area contributed by atoms with Crippen LogP contribution in [0.5, 0.6) is 0 Å². The van der Waals surface area contributed by atoms with E-state index >= 15 is 0 Å². The number of nitrogens with zero attached hydrogens (tertiary/aromatic N) is 5. The van der Waals surface area contributed by atoms with Crippen LogP contribution in [-0.4, -0.2) is 73.3 Å². The highest BCUT2D eigenvalue weighted by Crippen LogP contribution is 2.36. The lowest BCUT2D eigenvalue weighted by Crippen LogP contribution is -2.49. The van der Waals surface area contributed by atoms with Crippen LogP contribution in [0.25, 0.3) is 11.3 Å². The minimum atomic E-state index is -4.90. The fourth-order valence-corrected chi connectivity index (χ4v) is 4.75. The predicted molar refractivity (Wildman–Crippen MR) is 135 cm³/mol. The zero-order chi connectivity index (χ0) is 26.9. The summed E-state index contributed by atoms with van der Waals surface area (Å²) in [6.07, 6.45) is -3.26. The molecule has 3 heterocycles. The predicted octanol–water partition coefficient (Wildman–Crippen LogP) is 4.75. The number of rotatable bonds is 4. The number of hydrogen-bond donors (Lipinski definition) is 0. The van der Waals surface area contributed by atoms with Gasteiger partial charge in [-0.15, -0.1) is 0 Å². The molecule has 2 aliphatic rings. The molecule has 1 amide bonds. The molecule has 38 heavy (non-hydrogen) atoms. The molecule has 0 saturated carbocycles. The highest BCUT2D eigenvalue weighted by molar-refractivity contribution is 6.31. The zero-order valence-electron chi connectivity index (χ0n) is 20.2. The summed E-state index contributed by atoms with van der Waals surface area (Å²) in [5, 5.41) is -0.539. The minimum absolute atomic E-state index is 0.0733. The van der Waals surface area contributed by atoms with Crippen LogP contribution in [0, 0.1) is 5.82 Å². The van der Waals surface area contributed by atoms with Gasteiger partial charge in [-0.05, 0) is 30.3 Å². The SMILES string of the molecule is O=C(c1c(C(F)(F)F)ccc(Cl)c1F)N1CCN(c2nccc(-c3ccc(N4CCOCC4)cc3)n2)CC1. The summed E-state index contributed by atoms with van der Waals surface area (Å²) in [4.78, 5) is 27.2. The van der Waals surface area contributed by atoms with Crippen molar-refractivity contribution in [1.29, 1.82) is 0 Å². The number of piperazine rings is 1. The van der Waals surface area contributed by atoms with Crippen LogP contribution in [0.15, 0.2) is 48.7 Å². The molecule has 0 atom stereocenters. The van der Waals surface area contributed by atoms with Gasteiger partial charge in [-0.25, -0.2) is 14.4 Å². The molecule has 0 unspecified atom stereocenters. The molecule has 0 spiro atoms. The highest BCUT2D eigenvalue weighted by Gasteiger charge is 2.39. The van der Waals surface area contributed by atoms with Crippen molar-refractivity contribution in [3.8, 4) is 11.3 Å². The third-order valence-electron chi connectivity index (χ3n) is 6.65. The van der Waals surface area contributed by atoms with Crippen molar-refractivity contribution in [3.05, 3.63) is 70.6 Å². The summed E-state index contributed by atoms with van der Waals surface area (Å²) in [6, 6.07) is 11.3. The second-order valence-electron chi connectivity index (χ2n) is 8.95. The Bertz CT molecular complexity index is 1310. The van der Waals surface area contributed by atoms with Crippen LogP contribution in [0.3, 0.4) is 0 Å². The Balaban J connectivity index is 1.28. The molecule has 200 valence electrons. The molecule has 3 aromatic rings. The summed E-state index contributed by atoms with van der Waals surface area (Å²) in [5.41, 5.74) is 0.338. The number of carbonyl (C=O) groups excluding carboxylic acids is 1. The Morgan fingerprint density at radius 3 is 2.24 bits per heavy atom. The first-order valence-corrected chi connectivity index (χ1v) is 12.5. The van der Waals surface area contributed by atoms with E-state index in [1.54, 1.807) is 12.3 Å². The molecule has 7 nitrogen and oxygen atoms in total. The number of alkyl halides is 3. The van der Waals surface area contributed by atoms with Crippen molar-refractivity contribution < 1.29 is 27.1 Å². The third-order valence-corrected chi connectivity index (χ3v) is 6.94. The van der Waals surface area contributed by atoms with Gasteiger partial charge in [-0.3, -0.25) is 4.79 Å². The first kappa shape index (κ1) is 26.2. The number of halogens is 5. The molecule has 2 fully saturated rings. The maximum absolute atomic E-state index is 14.6. The van der Waals surface area contributed by atoms with E-state index in [9.17, 15) is 22.4 Å². The number of hydrogen-bond acceptors (Lipinski definition) is 6. The quantitative estimate of drug-likeness (QED) is 0.438. The van der Waals surface area contributed by atoms with Crippen molar-refractivity contribution in [2.75, 3.05) is 62.3 Å². The van der Waals surface area contributed by atoms with E-state index in [1.165, 1.54) is 4.90 Å². The Morgan fingerprint density at radius 1 is 0.895 bits per heavy atom. The van der Waals surface area contributed by atoms with E-state index in [1.807, 2.05) is 29.2 Å². The molecule has 0 aliphatic carbocycles. The molecule has 0 radical (unpaired) electrons. The Labute approximate surface area is 221 Å². The molecule has 5 rings (SSSR count). The maximum Gasteiger partial charge on any atom is 0.417 e. The number of anilines is 2. The van der Waals surface area contributed by atoms with Crippen molar-refractivity contribution in [1.82, 2.24) is 14.9 Å². The number of morpholine rings is 1. The van der Waals surface area contributed by atoms with Crippen molar-refractivity contribution in [2.24, 2.45) is 0 Å². The van der Waals surface area contributed by atoms with Crippen LogP contribution < -0.4 is 9.80 Å². The number of ether oxygens (including phenoxy) is 1. The molecule has 0 bridgehead atoms. The lowest BCUT2D eigenvalue weighted by Gasteiger charge is -2.35. The minimum Gasteiger partial charge on any atom is -0.378 e. The number of aromatic nitrogens is 2. The monoisotopic (exact) mass is 549 g/mol.